The summed E-state index contributed by atoms with van der Waals surface area (Å²) in [7, 11) is 1.56. The molecule has 4 rings (SSSR count). The van der Waals surface area contributed by atoms with Crippen LogP contribution in [0.3, 0.4) is 0 Å². The quantitative estimate of drug-likeness (QED) is 0.319. The highest BCUT2D eigenvalue weighted by atomic mass is 16.7. The molecule has 0 aromatic heterocycles. The summed E-state index contributed by atoms with van der Waals surface area (Å²) < 4.78 is 22.6. The van der Waals surface area contributed by atoms with Gasteiger partial charge in [0.25, 0.3) is 0 Å². The normalized spacial score (nSPS) is 19.9. The van der Waals surface area contributed by atoms with E-state index in [-0.39, 0.29) is 31.8 Å². The van der Waals surface area contributed by atoms with Gasteiger partial charge >= 0.3 is 5.97 Å². The molecule has 2 aliphatic heterocycles. The number of ether oxygens (including phenoxy) is 4. The number of carbonyl (C=O) groups excluding carboxylic acids is 1. The molecule has 2 aliphatic rings. The second-order valence-corrected chi connectivity index (χ2v) is 10.3. The Labute approximate surface area is 235 Å². The van der Waals surface area contributed by atoms with E-state index in [1.165, 1.54) is 0 Å². The Hall–Kier alpha value is -3.50. The number of rotatable bonds is 15. The fourth-order valence-corrected chi connectivity index (χ4v) is 5.53. The molecule has 2 aromatic rings. The average Bonchev–Trinajstić information content (AvgIpc) is 3.58. The SMILES string of the molecule is CCCCN(CCCCN)C(=O)CN1C[C@H](c2ccc3c(c2)OCO3)C(C(=O)O)[C@@H]1COc1ccccc1OC. The van der Waals surface area contributed by atoms with Crippen molar-refractivity contribution in [2.45, 2.75) is 44.6 Å². The second kappa shape index (κ2) is 14.2. The fourth-order valence-electron chi connectivity index (χ4n) is 5.53. The average molecular weight is 556 g/mol. The molecular formula is C30H41N3O7. The number of aliphatic carboxylic acids is 1. The number of nitrogens with zero attached hydrogens (tertiary/aromatic N) is 2. The first-order valence-electron chi connectivity index (χ1n) is 14.1. The fraction of sp³-hybridized carbons (Fsp3) is 0.533. The zero-order valence-corrected chi connectivity index (χ0v) is 23.4. The Bertz CT molecular complexity index is 1140. The molecule has 218 valence electrons. The van der Waals surface area contributed by atoms with Gasteiger partial charge < -0.3 is 34.7 Å². The van der Waals surface area contributed by atoms with Gasteiger partial charge in [-0.15, -0.1) is 0 Å². The molecule has 1 unspecified atom stereocenters. The van der Waals surface area contributed by atoms with E-state index in [4.69, 9.17) is 24.7 Å². The van der Waals surface area contributed by atoms with Gasteiger partial charge in [0.05, 0.1) is 25.6 Å². The number of benzene rings is 2. The Morgan fingerprint density at radius 1 is 1.07 bits per heavy atom. The number of likely N-dealkylation sites (tertiary alicyclic amines) is 1. The van der Waals surface area contributed by atoms with Crippen LogP contribution in [0.4, 0.5) is 0 Å². The predicted molar refractivity (Wildman–Crippen MR) is 150 cm³/mol. The first kappa shape index (κ1) is 29.5. The van der Waals surface area contributed by atoms with Crippen molar-refractivity contribution in [3.8, 4) is 23.0 Å². The molecule has 0 spiro atoms. The van der Waals surface area contributed by atoms with E-state index in [1.54, 1.807) is 19.2 Å². The molecule has 3 N–H and O–H groups in total. The zero-order valence-electron chi connectivity index (χ0n) is 23.4. The van der Waals surface area contributed by atoms with Crippen molar-refractivity contribution in [3.05, 3.63) is 48.0 Å². The van der Waals surface area contributed by atoms with E-state index in [9.17, 15) is 14.7 Å². The van der Waals surface area contributed by atoms with Gasteiger partial charge in [0.15, 0.2) is 23.0 Å². The van der Waals surface area contributed by atoms with Crippen LogP contribution in [0.2, 0.25) is 0 Å². The molecule has 10 heteroatoms. The number of amides is 1. The van der Waals surface area contributed by atoms with Crippen LogP contribution in [0.15, 0.2) is 42.5 Å². The lowest BCUT2D eigenvalue weighted by molar-refractivity contribution is -0.144. The lowest BCUT2D eigenvalue weighted by Crippen LogP contribution is -2.46. The summed E-state index contributed by atoms with van der Waals surface area (Å²) in [6, 6.07) is 12.3. The summed E-state index contributed by atoms with van der Waals surface area (Å²) in [6.07, 6.45) is 3.57. The Balaban J connectivity index is 1.60. The maximum absolute atomic E-state index is 13.6. The van der Waals surface area contributed by atoms with E-state index in [0.717, 1.165) is 31.2 Å². The zero-order chi connectivity index (χ0) is 28.5. The smallest absolute Gasteiger partial charge is 0.308 e. The highest BCUT2D eigenvalue weighted by Gasteiger charge is 2.48. The van der Waals surface area contributed by atoms with Gasteiger partial charge in [0, 0.05) is 25.6 Å². The van der Waals surface area contributed by atoms with E-state index in [2.05, 4.69) is 6.92 Å². The minimum Gasteiger partial charge on any atom is -0.493 e. The Morgan fingerprint density at radius 3 is 2.55 bits per heavy atom. The minimum absolute atomic E-state index is 0.0109. The van der Waals surface area contributed by atoms with Crippen molar-refractivity contribution >= 4 is 11.9 Å². The highest BCUT2D eigenvalue weighted by molar-refractivity contribution is 5.79. The van der Waals surface area contributed by atoms with Gasteiger partial charge in [-0.05, 0) is 55.6 Å². The number of para-hydroxylation sites is 2. The molecule has 40 heavy (non-hydrogen) atoms. The molecule has 0 aliphatic carbocycles. The van der Waals surface area contributed by atoms with Crippen LogP contribution >= 0.6 is 0 Å². The largest absolute Gasteiger partial charge is 0.493 e. The van der Waals surface area contributed by atoms with Crippen LogP contribution in [0.1, 0.15) is 44.1 Å². The summed E-state index contributed by atoms with van der Waals surface area (Å²) in [6.45, 7) is 4.73. The number of carboxylic acid groups (broad SMARTS) is 1. The molecular weight excluding hydrogens is 514 g/mol. The number of hydrogen-bond donors (Lipinski definition) is 2. The number of methoxy groups -OCH3 is 1. The van der Waals surface area contributed by atoms with Crippen LogP contribution in [0, 0.1) is 5.92 Å². The molecule has 3 atom stereocenters. The molecule has 0 radical (unpaired) electrons. The summed E-state index contributed by atoms with van der Waals surface area (Å²) >= 11 is 0. The van der Waals surface area contributed by atoms with Crippen LogP contribution in [0.5, 0.6) is 23.0 Å². The molecule has 0 saturated carbocycles. The number of fused-ring (bicyclic) bond motifs is 1. The lowest BCUT2D eigenvalue weighted by atomic mass is 9.85. The van der Waals surface area contributed by atoms with Gasteiger partial charge in [-0.2, -0.15) is 0 Å². The van der Waals surface area contributed by atoms with Gasteiger partial charge in [-0.1, -0.05) is 31.5 Å². The van der Waals surface area contributed by atoms with Gasteiger partial charge in [0.1, 0.15) is 6.61 Å². The molecule has 1 fully saturated rings. The number of carbonyl (C=O) groups is 2. The summed E-state index contributed by atoms with van der Waals surface area (Å²) in [5.41, 5.74) is 6.52. The van der Waals surface area contributed by atoms with Crippen LogP contribution in [-0.4, -0.2) is 86.1 Å². The predicted octanol–water partition coefficient (Wildman–Crippen LogP) is 3.34. The van der Waals surface area contributed by atoms with E-state index >= 15 is 0 Å². The van der Waals surface area contributed by atoms with Crippen LogP contribution in [-0.2, 0) is 9.59 Å². The first-order valence-corrected chi connectivity index (χ1v) is 14.1. The topological polar surface area (TPSA) is 124 Å². The van der Waals surface area contributed by atoms with E-state index in [0.29, 0.717) is 49.2 Å². The van der Waals surface area contributed by atoms with Gasteiger partial charge in [-0.25, -0.2) is 0 Å². The monoisotopic (exact) mass is 555 g/mol. The maximum atomic E-state index is 13.6. The summed E-state index contributed by atoms with van der Waals surface area (Å²) in [5, 5.41) is 10.5. The third-order valence-corrected chi connectivity index (χ3v) is 7.69. The standard InChI is InChI=1S/C30H41N3O7/c1-3-4-14-32(15-8-7-13-31)28(34)18-33-17-22(21-11-12-26-27(16-21)40-20-39-26)29(30(35)36)23(33)19-38-25-10-6-5-9-24(25)37-2/h5-6,9-12,16,22-23,29H,3-4,7-8,13-15,17-20,31H2,1-2H3,(H,35,36)/t22-,23+,29?/m1/s1. The van der Waals surface area contributed by atoms with Crippen molar-refractivity contribution in [2.75, 3.05) is 53.2 Å². The third-order valence-electron chi connectivity index (χ3n) is 7.69. The third kappa shape index (κ3) is 6.98. The van der Waals surface area contributed by atoms with Crippen molar-refractivity contribution < 1.29 is 33.6 Å². The molecule has 0 bridgehead atoms. The van der Waals surface area contributed by atoms with Crippen molar-refractivity contribution in [3.63, 3.8) is 0 Å². The molecule has 2 heterocycles. The number of hydrogen-bond acceptors (Lipinski definition) is 8. The molecule has 1 saturated heterocycles. The van der Waals surface area contributed by atoms with E-state index < -0.39 is 17.9 Å². The number of carboxylic acids is 1. The summed E-state index contributed by atoms with van der Waals surface area (Å²) in [4.78, 5) is 30.2. The molecule has 1 amide bonds. The number of unbranched alkanes of at least 4 members (excludes halogenated alkanes) is 2. The second-order valence-electron chi connectivity index (χ2n) is 10.3. The molecule has 2 aromatic carbocycles. The van der Waals surface area contributed by atoms with Crippen molar-refractivity contribution in [2.24, 2.45) is 11.7 Å². The lowest BCUT2D eigenvalue weighted by Gasteiger charge is -2.29. The maximum Gasteiger partial charge on any atom is 0.308 e. The van der Waals surface area contributed by atoms with Crippen molar-refractivity contribution in [1.29, 1.82) is 0 Å². The Kier molecular flexibility index (Phi) is 10.5. The van der Waals surface area contributed by atoms with E-state index in [1.807, 2.05) is 40.1 Å². The molecule has 10 nitrogen and oxygen atoms in total. The minimum atomic E-state index is -0.933. The first-order chi connectivity index (χ1) is 19.5. The van der Waals surface area contributed by atoms with Gasteiger partial charge in [-0.3, -0.25) is 14.5 Å². The van der Waals surface area contributed by atoms with Gasteiger partial charge in [0.2, 0.25) is 12.7 Å². The van der Waals surface area contributed by atoms with Crippen LogP contribution in [0.25, 0.3) is 0 Å². The highest BCUT2D eigenvalue weighted by Crippen LogP contribution is 2.42. The Morgan fingerprint density at radius 2 is 1.82 bits per heavy atom. The van der Waals surface area contributed by atoms with Crippen molar-refractivity contribution in [1.82, 2.24) is 9.80 Å². The number of nitrogens with two attached hydrogens (primary N) is 1. The van der Waals surface area contributed by atoms with Crippen LogP contribution < -0.4 is 24.7 Å². The summed E-state index contributed by atoms with van der Waals surface area (Å²) in [5.74, 6) is 0.215.